The minimum absolute atomic E-state index is 0.123. The molecule has 6 nitrogen and oxygen atoms in total. The third kappa shape index (κ3) is 2.79. The van der Waals surface area contributed by atoms with Crippen molar-refractivity contribution >= 4 is 5.69 Å². The molecule has 0 aliphatic carbocycles. The Morgan fingerprint density at radius 1 is 1.05 bits per heavy atom. The van der Waals surface area contributed by atoms with E-state index in [0.29, 0.717) is 6.54 Å². The fourth-order valence-electron chi connectivity index (χ4n) is 2.03. The summed E-state index contributed by atoms with van der Waals surface area (Å²) in [5.74, 6) is -0.249. The van der Waals surface area contributed by atoms with E-state index in [1.165, 1.54) is 18.5 Å². The topological polar surface area (TPSA) is 83.2 Å². The Bertz CT molecular complexity index is 741. The van der Waals surface area contributed by atoms with Crippen molar-refractivity contribution in [3.05, 3.63) is 60.7 Å². The van der Waals surface area contributed by atoms with Crippen LogP contribution in [-0.4, -0.2) is 25.0 Å². The molecule has 2 aromatic carbocycles. The van der Waals surface area contributed by atoms with Crippen molar-refractivity contribution in [2.75, 3.05) is 5.32 Å². The van der Waals surface area contributed by atoms with Crippen molar-refractivity contribution < 1.29 is 10.2 Å². The number of para-hydroxylation sites is 2. The number of hydrogen-bond acceptors (Lipinski definition) is 5. The van der Waals surface area contributed by atoms with E-state index in [1.807, 2.05) is 24.3 Å². The summed E-state index contributed by atoms with van der Waals surface area (Å²) in [7, 11) is 0. The molecule has 0 aliphatic rings. The average Bonchev–Trinajstić information content (AvgIpc) is 3.03. The standard InChI is InChI=1S/C15H14N4O2/c20-14-6-5-11(7-15(14)21)8-17-12-3-1-2-4-13(12)19-10-16-9-18-19/h1-7,9-10,17,20-21H,8H2. The van der Waals surface area contributed by atoms with Gasteiger partial charge in [-0.05, 0) is 29.8 Å². The molecule has 0 radical (unpaired) electrons. The van der Waals surface area contributed by atoms with Gasteiger partial charge in [0.15, 0.2) is 11.5 Å². The van der Waals surface area contributed by atoms with Crippen LogP contribution >= 0.6 is 0 Å². The fourth-order valence-corrected chi connectivity index (χ4v) is 2.03. The first-order chi connectivity index (χ1) is 10.2. The molecule has 0 atom stereocenters. The molecule has 1 heterocycles. The van der Waals surface area contributed by atoms with Gasteiger partial charge in [0.05, 0.1) is 11.4 Å². The highest BCUT2D eigenvalue weighted by Crippen LogP contribution is 2.26. The molecule has 3 N–H and O–H groups in total. The Morgan fingerprint density at radius 2 is 1.90 bits per heavy atom. The van der Waals surface area contributed by atoms with E-state index in [4.69, 9.17) is 0 Å². The van der Waals surface area contributed by atoms with Crippen LogP contribution in [0.5, 0.6) is 11.5 Å². The van der Waals surface area contributed by atoms with Crippen LogP contribution < -0.4 is 5.32 Å². The van der Waals surface area contributed by atoms with Crippen molar-refractivity contribution in [3.8, 4) is 17.2 Å². The second-order valence-electron chi connectivity index (χ2n) is 4.53. The minimum atomic E-state index is -0.126. The molecule has 0 bridgehead atoms. The van der Waals surface area contributed by atoms with Gasteiger partial charge in [0.1, 0.15) is 12.7 Å². The number of aromatic nitrogens is 3. The van der Waals surface area contributed by atoms with Crippen molar-refractivity contribution in [1.29, 1.82) is 0 Å². The Morgan fingerprint density at radius 3 is 2.67 bits per heavy atom. The summed E-state index contributed by atoms with van der Waals surface area (Å²) in [5, 5.41) is 26.2. The van der Waals surface area contributed by atoms with Gasteiger partial charge < -0.3 is 15.5 Å². The normalized spacial score (nSPS) is 10.5. The van der Waals surface area contributed by atoms with Gasteiger partial charge in [0, 0.05) is 6.54 Å². The number of nitrogens with zero attached hydrogens (tertiary/aromatic N) is 3. The molecule has 0 fully saturated rings. The van der Waals surface area contributed by atoms with E-state index in [9.17, 15) is 10.2 Å². The van der Waals surface area contributed by atoms with E-state index < -0.39 is 0 Å². The number of rotatable bonds is 4. The third-order valence-corrected chi connectivity index (χ3v) is 3.09. The Hall–Kier alpha value is -3.02. The number of aromatic hydroxyl groups is 2. The average molecular weight is 282 g/mol. The summed E-state index contributed by atoms with van der Waals surface area (Å²) in [5.41, 5.74) is 2.65. The van der Waals surface area contributed by atoms with E-state index in [1.54, 1.807) is 17.1 Å². The SMILES string of the molecule is Oc1ccc(CNc2ccccc2-n2cncn2)cc1O. The lowest BCUT2D eigenvalue weighted by molar-refractivity contribution is 0.403. The highest BCUT2D eigenvalue weighted by molar-refractivity contribution is 5.60. The zero-order valence-corrected chi connectivity index (χ0v) is 11.1. The zero-order chi connectivity index (χ0) is 14.7. The van der Waals surface area contributed by atoms with E-state index in [0.717, 1.165) is 16.9 Å². The van der Waals surface area contributed by atoms with E-state index in [-0.39, 0.29) is 11.5 Å². The number of nitrogens with one attached hydrogen (secondary N) is 1. The molecular formula is C15H14N4O2. The Kier molecular flexibility index (Phi) is 3.42. The van der Waals surface area contributed by atoms with Gasteiger partial charge in [-0.3, -0.25) is 0 Å². The minimum Gasteiger partial charge on any atom is -0.504 e. The molecular weight excluding hydrogens is 268 g/mol. The molecule has 106 valence electrons. The Labute approximate surface area is 121 Å². The lowest BCUT2D eigenvalue weighted by Crippen LogP contribution is -2.04. The van der Waals surface area contributed by atoms with Crippen LogP contribution in [0.1, 0.15) is 5.56 Å². The second kappa shape index (κ2) is 5.54. The smallest absolute Gasteiger partial charge is 0.157 e. The van der Waals surface area contributed by atoms with Gasteiger partial charge in [-0.2, -0.15) is 5.10 Å². The molecule has 1 aromatic heterocycles. The molecule has 3 aromatic rings. The van der Waals surface area contributed by atoms with Crippen molar-refractivity contribution in [3.63, 3.8) is 0 Å². The largest absolute Gasteiger partial charge is 0.504 e. The predicted octanol–water partition coefficient (Wildman–Crippen LogP) is 2.29. The Balaban J connectivity index is 1.81. The number of anilines is 1. The number of phenols is 2. The van der Waals surface area contributed by atoms with E-state index >= 15 is 0 Å². The van der Waals surface area contributed by atoms with Crippen LogP contribution in [0.4, 0.5) is 5.69 Å². The zero-order valence-electron chi connectivity index (χ0n) is 11.1. The quantitative estimate of drug-likeness (QED) is 0.639. The van der Waals surface area contributed by atoms with Gasteiger partial charge in [0.25, 0.3) is 0 Å². The van der Waals surface area contributed by atoms with Gasteiger partial charge in [-0.25, -0.2) is 9.67 Å². The molecule has 6 heteroatoms. The van der Waals surface area contributed by atoms with Crippen molar-refractivity contribution in [2.24, 2.45) is 0 Å². The summed E-state index contributed by atoms with van der Waals surface area (Å²) in [6, 6.07) is 12.5. The number of phenolic OH excluding ortho intramolecular Hbond substituents is 2. The van der Waals surface area contributed by atoms with Crippen LogP contribution in [0.3, 0.4) is 0 Å². The van der Waals surface area contributed by atoms with Crippen LogP contribution in [-0.2, 0) is 6.54 Å². The van der Waals surface area contributed by atoms with Gasteiger partial charge in [0.2, 0.25) is 0 Å². The third-order valence-electron chi connectivity index (χ3n) is 3.09. The molecule has 0 aliphatic heterocycles. The first-order valence-electron chi connectivity index (χ1n) is 6.43. The number of benzene rings is 2. The lowest BCUT2D eigenvalue weighted by Gasteiger charge is -2.12. The maximum Gasteiger partial charge on any atom is 0.157 e. The highest BCUT2D eigenvalue weighted by Gasteiger charge is 2.05. The summed E-state index contributed by atoms with van der Waals surface area (Å²) in [4.78, 5) is 3.94. The molecule has 0 amide bonds. The first-order valence-corrected chi connectivity index (χ1v) is 6.43. The van der Waals surface area contributed by atoms with Crippen molar-refractivity contribution in [1.82, 2.24) is 14.8 Å². The maximum absolute atomic E-state index is 9.50. The maximum atomic E-state index is 9.50. The lowest BCUT2D eigenvalue weighted by atomic mass is 10.2. The van der Waals surface area contributed by atoms with Crippen molar-refractivity contribution in [2.45, 2.75) is 6.54 Å². The fraction of sp³-hybridized carbons (Fsp3) is 0.0667. The summed E-state index contributed by atoms with van der Waals surface area (Å²) in [6.45, 7) is 0.513. The first kappa shape index (κ1) is 13.0. The molecule has 0 unspecified atom stereocenters. The van der Waals surface area contributed by atoms with Crippen LogP contribution in [0, 0.1) is 0 Å². The predicted molar refractivity (Wildman–Crippen MR) is 78.5 cm³/mol. The van der Waals surface area contributed by atoms with Gasteiger partial charge >= 0.3 is 0 Å². The van der Waals surface area contributed by atoms with Gasteiger partial charge in [-0.15, -0.1) is 0 Å². The van der Waals surface area contributed by atoms with E-state index in [2.05, 4.69) is 15.4 Å². The van der Waals surface area contributed by atoms with Crippen LogP contribution in [0.15, 0.2) is 55.1 Å². The molecule has 0 saturated heterocycles. The summed E-state index contributed by atoms with van der Waals surface area (Å²) >= 11 is 0. The molecule has 0 spiro atoms. The second-order valence-corrected chi connectivity index (χ2v) is 4.53. The molecule has 0 saturated carbocycles. The van der Waals surface area contributed by atoms with Crippen LogP contribution in [0.25, 0.3) is 5.69 Å². The number of hydrogen-bond donors (Lipinski definition) is 3. The van der Waals surface area contributed by atoms with Crippen LogP contribution in [0.2, 0.25) is 0 Å². The molecule has 3 rings (SSSR count). The summed E-state index contributed by atoms with van der Waals surface area (Å²) < 4.78 is 1.68. The summed E-state index contributed by atoms with van der Waals surface area (Å²) in [6.07, 6.45) is 3.11. The van der Waals surface area contributed by atoms with Gasteiger partial charge in [-0.1, -0.05) is 18.2 Å². The molecule has 21 heavy (non-hydrogen) atoms. The highest BCUT2D eigenvalue weighted by atomic mass is 16.3. The monoisotopic (exact) mass is 282 g/mol.